The van der Waals surface area contributed by atoms with E-state index < -0.39 is 0 Å². The van der Waals surface area contributed by atoms with Crippen LogP contribution in [0.15, 0.2) is 59.0 Å². The number of carbonyl (C=O) groups is 1. The average Bonchev–Trinajstić information content (AvgIpc) is 3.04. The number of nitrogens with zero attached hydrogens (tertiary/aromatic N) is 1. The fourth-order valence-electron chi connectivity index (χ4n) is 3.68. The summed E-state index contributed by atoms with van der Waals surface area (Å²) in [5.74, 6) is 1.67. The minimum Gasteiger partial charge on any atom is -0.466 e. The van der Waals surface area contributed by atoms with Crippen LogP contribution >= 0.6 is 23.2 Å². The Morgan fingerprint density at radius 1 is 1.16 bits per heavy atom. The molecule has 0 saturated carbocycles. The minimum absolute atomic E-state index is 0.0828. The van der Waals surface area contributed by atoms with Crippen molar-refractivity contribution in [3.8, 4) is 0 Å². The van der Waals surface area contributed by atoms with Crippen LogP contribution in [-0.2, 0) is 11.3 Å². The Balaban J connectivity index is 1.38. The van der Waals surface area contributed by atoms with Crippen LogP contribution in [0, 0.1) is 13.8 Å². The highest BCUT2D eigenvalue weighted by Gasteiger charge is 2.34. The topological polar surface area (TPSA) is 54.7 Å². The number of benzene rings is 2. The summed E-state index contributed by atoms with van der Waals surface area (Å²) < 4.78 is 11.9. The van der Waals surface area contributed by atoms with Crippen molar-refractivity contribution in [2.45, 2.75) is 32.6 Å². The molecule has 1 aliphatic rings. The van der Waals surface area contributed by atoms with Crippen LogP contribution in [0.3, 0.4) is 0 Å². The van der Waals surface area contributed by atoms with Gasteiger partial charge in [0.15, 0.2) is 0 Å². The molecule has 0 radical (unpaired) electrons. The number of ether oxygens (including phenoxy) is 1. The first-order valence-corrected chi connectivity index (χ1v) is 10.9. The van der Waals surface area contributed by atoms with E-state index in [0.717, 1.165) is 28.2 Å². The number of hydrogen-bond acceptors (Lipinski definition) is 3. The zero-order valence-electron chi connectivity index (χ0n) is 17.4. The number of halogens is 2. The standard InChI is InChI=1S/C24H24Cl2N2O3/c1-15-11-18(16(2)30-15)12-27-24(29)28-13-20(14-28)31-23(17-7-9-19(25)10-8-17)21-5-3-4-6-22(21)26/h3-11,20,23H,12-14H2,1-2H3,(H,27,29). The Kier molecular flexibility index (Phi) is 6.56. The molecule has 3 aromatic rings. The van der Waals surface area contributed by atoms with Gasteiger partial charge >= 0.3 is 6.03 Å². The normalized spacial score (nSPS) is 14.9. The van der Waals surface area contributed by atoms with E-state index in [9.17, 15) is 4.79 Å². The third-order valence-electron chi connectivity index (χ3n) is 5.40. The van der Waals surface area contributed by atoms with Crippen LogP contribution in [0.2, 0.25) is 10.0 Å². The number of amides is 2. The Hall–Kier alpha value is -2.47. The highest BCUT2D eigenvalue weighted by atomic mass is 35.5. The third kappa shape index (κ3) is 5.06. The summed E-state index contributed by atoms with van der Waals surface area (Å²) in [6.45, 7) is 5.27. The van der Waals surface area contributed by atoms with Gasteiger partial charge < -0.3 is 19.4 Å². The average molecular weight is 459 g/mol. The van der Waals surface area contributed by atoms with Gasteiger partial charge in [0.2, 0.25) is 0 Å². The Labute approximate surface area is 191 Å². The number of rotatable bonds is 6. The van der Waals surface area contributed by atoms with E-state index in [1.54, 1.807) is 4.90 Å². The van der Waals surface area contributed by atoms with Gasteiger partial charge in [-0.2, -0.15) is 0 Å². The molecule has 0 bridgehead atoms. The molecule has 2 heterocycles. The molecule has 0 aliphatic carbocycles. The first-order valence-electron chi connectivity index (χ1n) is 10.1. The molecular formula is C24H24Cl2N2O3. The van der Waals surface area contributed by atoms with Gasteiger partial charge in [-0.1, -0.05) is 53.5 Å². The highest BCUT2D eigenvalue weighted by Crippen LogP contribution is 2.34. The van der Waals surface area contributed by atoms with Gasteiger partial charge in [-0.3, -0.25) is 0 Å². The molecular weight excluding hydrogens is 435 g/mol. The molecule has 31 heavy (non-hydrogen) atoms. The molecule has 162 valence electrons. The summed E-state index contributed by atoms with van der Waals surface area (Å²) in [6.07, 6.45) is -0.418. The molecule has 4 rings (SSSR count). The summed E-state index contributed by atoms with van der Waals surface area (Å²) in [4.78, 5) is 14.2. The fraction of sp³-hybridized carbons (Fsp3) is 0.292. The van der Waals surface area contributed by atoms with Crippen molar-refractivity contribution in [1.82, 2.24) is 10.2 Å². The van der Waals surface area contributed by atoms with Crippen molar-refractivity contribution >= 4 is 29.2 Å². The van der Waals surface area contributed by atoms with Crippen LogP contribution in [-0.4, -0.2) is 30.1 Å². The van der Waals surface area contributed by atoms with Gasteiger partial charge in [-0.15, -0.1) is 0 Å². The first-order chi connectivity index (χ1) is 14.9. The molecule has 2 amide bonds. The number of carbonyl (C=O) groups excluding carboxylic acids is 1. The predicted octanol–water partition coefficient (Wildman–Crippen LogP) is 5.90. The van der Waals surface area contributed by atoms with Crippen molar-refractivity contribution in [2.24, 2.45) is 0 Å². The fourth-order valence-corrected chi connectivity index (χ4v) is 4.04. The quantitative estimate of drug-likeness (QED) is 0.499. The monoisotopic (exact) mass is 458 g/mol. The summed E-state index contributed by atoms with van der Waals surface area (Å²) >= 11 is 12.5. The van der Waals surface area contributed by atoms with E-state index in [1.807, 2.05) is 68.4 Å². The van der Waals surface area contributed by atoms with Crippen LogP contribution in [0.1, 0.15) is 34.3 Å². The van der Waals surface area contributed by atoms with E-state index >= 15 is 0 Å². The zero-order chi connectivity index (χ0) is 22.0. The van der Waals surface area contributed by atoms with Gasteiger partial charge in [0.25, 0.3) is 0 Å². The molecule has 2 aromatic carbocycles. The lowest BCUT2D eigenvalue weighted by Crippen LogP contribution is -2.57. The summed E-state index contributed by atoms with van der Waals surface area (Å²) in [5, 5.41) is 4.25. The summed E-state index contributed by atoms with van der Waals surface area (Å²) in [5.41, 5.74) is 2.84. The molecule has 0 spiro atoms. The molecule has 1 unspecified atom stereocenters. The van der Waals surface area contributed by atoms with E-state index in [1.165, 1.54) is 0 Å². The number of aryl methyl sites for hydroxylation is 2. The van der Waals surface area contributed by atoms with E-state index in [0.29, 0.717) is 29.7 Å². The van der Waals surface area contributed by atoms with Crippen molar-refractivity contribution in [3.63, 3.8) is 0 Å². The van der Waals surface area contributed by atoms with Crippen molar-refractivity contribution < 1.29 is 13.9 Å². The second kappa shape index (κ2) is 9.35. The number of nitrogens with one attached hydrogen (secondary N) is 1. The lowest BCUT2D eigenvalue weighted by atomic mass is 10.0. The van der Waals surface area contributed by atoms with E-state index in [4.69, 9.17) is 32.4 Å². The van der Waals surface area contributed by atoms with Crippen molar-refractivity contribution in [1.29, 1.82) is 0 Å². The Morgan fingerprint density at radius 3 is 2.52 bits per heavy atom. The second-order valence-corrected chi connectivity index (χ2v) is 8.56. The molecule has 1 aromatic heterocycles. The molecule has 1 atom stereocenters. The summed E-state index contributed by atoms with van der Waals surface area (Å²) in [7, 11) is 0. The lowest BCUT2D eigenvalue weighted by molar-refractivity contribution is -0.0645. The van der Waals surface area contributed by atoms with Crippen LogP contribution in [0.25, 0.3) is 0 Å². The predicted molar refractivity (Wildman–Crippen MR) is 122 cm³/mol. The SMILES string of the molecule is Cc1cc(CNC(=O)N2CC(OC(c3ccc(Cl)cc3)c3ccccc3Cl)C2)c(C)o1. The van der Waals surface area contributed by atoms with E-state index in [2.05, 4.69) is 5.32 Å². The molecule has 1 N–H and O–H groups in total. The van der Waals surface area contributed by atoms with Crippen LogP contribution in [0.4, 0.5) is 4.79 Å². The largest absolute Gasteiger partial charge is 0.466 e. The van der Waals surface area contributed by atoms with Crippen molar-refractivity contribution in [2.75, 3.05) is 13.1 Å². The summed E-state index contributed by atoms with van der Waals surface area (Å²) in [6, 6.07) is 17.0. The maximum atomic E-state index is 12.5. The van der Waals surface area contributed by atoms with Gasteiger partial charge in [-0.05, 0) is 43.7 Å². The number of likely N-dealkylation sites (tertiary alicyclic amines) is 1. The van der Waals surface area contributed by atoms with Gasteiger partial charge in [0.05, 0.1) is 19.2 Å². The van der Waals surface area contributed by atoms with Gasteiger partial charge in [-0.25, -0.2) is 4.79 Å². The van der Waals surface area contributed by atoms with Crippen LogP contribution in [0.5, 0.6) is 0 Å². The highest BCUT2D eigenvalue weighted by molar-refractivity contribution is 6.31. The number of furan rings is 1. The number of urea groups is 1. The lowest BCUT2D eigenvalue weighted by Gasteiger charge is -2.40. The Morgan fingerprint density at radius 2 is 1.87 bits per heavy atom. The maximum Gasteiger partial charge on any atom is 0.317 e. The first kappa shape index (κ1) is 21.8. The van der Waals surface area contributed by atoms with Gasteiger partial charge in [0.1, 0.15) is 17.6 Å². The van der Waals surface area contributed by atoms with Crippen molar-refractivity contribution in [3.05, 3.63) is 92.9 Å². The smallest absolute Gasteiger partial charge is 0.317 e. The molecule has 5 nitrogen and oxygen atoms in total. The second-order valence-electron chi connectivity index (χ2n) is 7.71. The number of hydrogen-bond donors (Lipinski definition) is 1. The zero-order valence-corrected chi connectivity index (χ0v) is 18.9. The molecule has 1 saturated heterocycles. The third-order valence-corrected chi connectivity index (χ3v) is 5.99. The van der Waals surface area contributed by atoms with E-state index in [-0.39, 0.29) is 18.2 Å². The maximum absolute atomic E-state index is 12.5. The molecule has 1 fully saturated rings. The Bertz CT molecular complexity index is 1060. The minimum atomic E-state index is -0.335. The van der Waals surface area contributed by atoms with Gasteiger partial charge in [0, 0.05) is 27.7 Å². The molecule has 7 heteroatoms. The molecule has 1 aliphatic heterocycles. The van der Waals surface area contributed by atoms with Crippen LogP contribution < -0.4 is 5.32 Å².